The van der Waals surface area contributed by atoms with E-state index in [4.69, 9.17) is 15.0 Å². The van der Waals surface area contributed by atoms with E-state index in [-0.39, 0.29) is 11.9 Å². The van der Waals surface area contributed by atoms with Crippen LogP contribution in [0.15, 0.2) is 5.11 Å². The molecule has 2 rings (SSSR count). The minimum Gasteiger partial charge on any atom is -0.344 e. The van der Waals surface area contributed by atoms with Crippen LogP contribution in [-0.4, -0.2) is 29.8 Å². The minimum absolute atomic E-state index is 0.158. The van der Waals surface area contributed by atoms with Gasteiger partial charge in [0, 0.05) is 4.91 Å². The summed E-state index contributed by atoms with van der Waals surface area (Å²) < 4.78 is 11.1. The van der Waals surface area contributed by atoms with Gasteiger partial charge in [-0.15, -0.1) is 0 Å². The normalized spacial score (nSPS) is 38.3. The lowest BCUT2D eigenvalue weighted by Gasteiger charge is -2.24. The van der Waals surface area contributed by atoms with Crippen molar-refractivity contribution >= 4 is 5.78 Å². The molecule has 1 saturated heterocycles. The van der Waals surface area contributed by atoms with Crippen molar-refractivity contribution in [1.82, 2.24) is 0 Å². The highest BCUT2D eigenvalue weighted by Crippen LogP contribution is 2.35. The van der Waals surface area contributed by atoms with E-state index in [1.165, 1.54) is 0 Å². The van der Waals surface area contributed by atoms with Crippen LogP contribution in [0.2, 0.25) is 0 Å². The molecular weight excluding hydrogens is 198 g/mol. The van der Waals surface area contributed by atoms with Gasteiger partial charge < -0.3 is 9.47 Å². The van der Waals surface area contributed by atoms with Crippen molar-refractivity contribution in [2.75, 3.05) is 0 Å². The molecule has 6 nitrogen and oxygen atoms in total. The third-order valence-electron chi connectivity index (χ3n) is 2.71. The van der Waals surface area contributed by atoms with Crippen molar-refractivity contribution in [1.29, 1.82) is 0 Å². The minimum atomic E-state index is -0.712. The molecule has 1 aliphatic heterocycles. The predicted octanol–water partition coefficient (Wildman–Crippen LogP) is 1.55. The molecule has 1 heterocycles. The quantitative estimate of drug-likeness (QED) is 0.374. The number of nitrogens with zero attached hydrogens (tertiary/aromatic N) is 3. The number of fused-ring (bicyclic) bond motifs is 1. The highest BCUT2D eigenvalue weighted by Gasteiger charge is 2.49. The fraction of sp³-hybridized carbons (Fsp3) is 0.889. The molecule has 2 aliphatic rings. The molecule has 0 spiro atoms. The Hall–Kier alpha value is -1.10. The summed E-state index contributed by atoms with van der Waals surface area (Å²) in [7, 11) is 0. The first-order valence-corrected chi connectivity index (χ1v) is 4.97. The van der Waals surface area contributed by atoms with Crippen LogP contribution in [-0.2, 0) is 14.3 Å². The molecule has 0 aromatic rings. The van der Waals surface area contributed by atoms with Gasteiger partial charge in [-0.1, -0.05) is 5.11 Å². The number of rotatable bonds is 1. The first kappa shape index (κ1) is 10.4. The Kier molecular flexibility index (Phi) is 2.42. The summed E-state index contributed by atoms with van der Waals surface area (Å²) in [6, 6.07) is -0.589. The van der Waals surface area contributed by atoms with E-state index in [1.54, 1.807) is 13.8 Å². The van der Waals surface area contributed by atoms with Gasteiger partial charge in [0.25, 0.3) is 0 Å². The standard InChI is InChI=1S/C9H13N3O3/c1-9(2)14-6-4-3-5(11-12-10)7(13)8(6)15-9/h5-6,8H,3-4H2,1-2H3/t5-,6-,8-/m0/s1. The number of Topliss-reactive ketones (excluding diaryl/α,β-unsaturated/α-hetero) is 1. The van der Waals surface area contributed by atoms with Crippen molar-refractivity contribution in [2.24, 2.45) is 5.11 Å². The summed E-state index contributed by atoms with van der Waals surface area (Å²) in [4.78, 5) is 14.5. The zero-order valence-electron chi connectivity index (χ0n) is 8.71. The molecule has 0 aromatic heterocycles. The van der Waals surface area contributed by atoms with Gasteiger partial charge in [0.15, 0.2) is 11.6 Å². The van der Waals surface area contributed by atoms with Crippen molar-refractivity contribution in [2.45, 2.75) is 50.7 Å². The predicted molar refractivity (Wildman–Crippen MR) is 51.0 cm³/mol. The smallest absolute Gasteiger partial charge is 0.173 e. The average molecular weight is 211 g/mol. The van der Waals surface area contributed by atoms with E-state index in [9.17, 15) is 4.79 Å². The Bertz CT molecular complexity index is 335. The van der Waals surface area contributed by atoms with Crippen LogP contribution in [0.5, 0.6) is 0 Å². The summed E-state index contributed by atoms with van der Waals surface area (Å²) >= 11 is 0. The third-order valence-corrected chi connectivity index (χ3v) is 2.71. The fourth-order valence-electron chi connectivity index (χ4n) is 2.12. The van der Waals surface area contributed by atoms with Crippen molar-refractivity contribution in [3.63, 3.8) is 0 Å². The number of hydrogen-bond donors (Lipinski definition) is 0. The van der Waals surface area contributed by atoms with Gasteiger partial charge in [-0.2, -0.15) is 0 Å². The second-order valence-corrected chi connectivity index (χ2v) is 4.30. The molecule has 1 aliphatic carbocycles. The number of ether oxygens (including phenoxy) is 2. The summed E-state index contributed by atoms with van der Waals surface area (Å²) in [6.07, 6.45) is 0.495. The molecule has 82 valence electrons. The van der Waals surface area contributed by atoms with E-state index in [0.717, 1.165) is 0 Å². The molecule has 0 N–H and O–H groups in total. The van der Waals surface area contributed by atoms with Crippen LogP contribution >= 0.6 is 0 Å². The Morgan fingerprint density at radius 3 is 2.87 bits per heavy atom. The summed E-state index contributed by atoms with van der Waals surface area (Å²) in [5, 5.41) is 3.47. The lowest BCUT2D eigenvalue weighted by Crippen LogP contribution is -2.43. The van der Waals surface area contributed by atoms with E-state index in [2.05, 4.69) is 10.0 Å². The largest absolute Gasteiger partial charge is 0.344 e. The number of hydrogen-bond acceptors (Lipinski definition) is 4. The van der Waals surface area contributed by atoms with Gasteiger partial charge >= 0.3 is 0 Å². The Morgan fingerprint density at radius 2 is 2.20 bits per heavy atom. The van der Waals surface area contributed by atoms with Crippen LogP contribution in [0.3, 0.4) is 0 Å². The SMILES string of the molecule is CC1(C)O[C@H]2CC[C@H](N=[N+]=[N-])C(=O)[C@H]2O1. The first-order valence-electron chi connectivity index (χ1n) is 4.97. The van der Waals surface area contributed by atoms with Crippen molar-refractivity contribution < 1.29 is 14.3 Å². The van der Waals surface area contributed by atoms with Crippen molar-refractivity contribution in [3.8, 4) is 0 Å². The zero-order valence-corrected chi connectivity index (χ0v) is 8.71. The molecule has 0 unspecified atom stereocenters. The maximum atomic E-state index is 11.8. The van der Waals surface area contributed by atoms with Gasteiger partial charge in [0.2, 0.25) is 0 Å². The lowest BCUT2D eigenvalue weighted by atomic mass is 9.90. The van der Waals surface area contributed by atoms with E-state index >= 15 is 0 Å². The van der Waals surface area contributed by atoms with E-state index < -0.39 is 17.9 Å². The fourth-order valence-corrected chi connectivity index (χ4v) is 2.12. The van der Waals surface area contributed by atoms with Gasteiger partial charge in [0.05, 0.1) is 12.1 Å². The first-order chi connectivity index (χ1) is 7.03. The topological polar surface area (TPSA) is 84.3 Å². The van der Waals surface area contributed by atoms with Gasteiger partial charge in [-0.3, -0.25) is 4.79 Å². The second kappa shape index (κ2) is 3.48. The summed E-state index contributed by atoms with van der Waals surface area (Å²) in [5.74, 6) is -0.870. The number of carbonyl (C=O) groups is 1. The number of azide groups is 1. The maximum Gasteiger partial charge on any atom is 0.173 e. The Morgan fingerprint density at radius 1 is 1.47 bits per heavy atom. The highest BCUT2D eigenvalue weighted by molar-refractivity contribution is 5.90. The molecule has 6 heteroatoms. The van der Waals surface area contributed by atoms with Crippen LogP contribution in [0.4, 0.5) is 0 Å². The molecule has 0 bridgehead atoms. The molecule has 1 saturated carbocycles. The molecule has 0 radical (unpaired) electrons. The van der Waals surface area contributed by atoms with Gasteiger partial charge in [-0.05, 0) is 32.2 Å². The molecule has 0 amide bonds. The highest BCUT2D eigenvalue weighted by atomic mass is 16.8. The summed E-state index contributed by atoms with van der Waals surface area (Å²) in [6.45, 7) is 3.56. The van der Waals surface area contributed by atoms with Gasteiger partial charge in [-0.25, -0.2) is 0 Å². The van der Waals surface area contributed by atoms with Crippen LogP contribution < -0.4 is 0 Å². The van der Waals surface area contributed by atoms with Crippen molar-refractivity contribution in [3.05, 3.63) is 10.4 Å². The third kappa shape index (κ3) is 1.84. The Labute approximate surface area is 87.2 Å². The molecule has 15 heavy (non-hydrogen) atoms. The molecule has 0 aromatic carbocycles. The maximum absolute atomic E-state index is 11.8. The zero-order chi connectivity index (χ0) is 11.1. The van der Waals surface area contributed by atoms with Crippen LogP contribution in [0.25, 0.3) is 10.4 Å². The number of carbonyl (C=O) groups excluding carboxylic acids is 1. The molecule has 2 fully saturated rings. The monoisotopic (exact) mass is 211 g/mol. The average Bonchev–Trinajstić information content (AvgIpc) is 2.46. The Balaban J connectivity index is 2.16. The van der Waals surface area contributed by atoms with Gasteiger partial charge in [0.1, 0.15) is 6.10 Å². The number of ketones is 1. The van der Waals surface area contributed by atoms with Crippen LogP contribution in [0.1, 0.15) is 26.7 Å². The second-order valence-electron chi connectivity index (χ2n) is 4.30. The summed E-state index contributed by atoms with van der Waals surface area (Å²) in [5.41, 5.74) is 8.31. The lowest BCUT2D eigenvalue weighted by molar-refractivity contribution is -0.153. The van der Waals surface area contributed by atoms with E-state index in [0.29, 0.717) is 12.8 Å². The van der Waals surface area contributed by atoms with E-state index in [1.807, 2.05) is 0 Å². The van der Waals surface area contributed by atoms with Crippen LogP contribution in [0, 0.1) is 0 Å². The molecular formula is C9H13N3O3. The molecule has 3 atom stereocenters.